The second-order valence-electron chi connectivity index (χ2n) is 4.86. The molecule has 0 fully saturated rings. The lowest BCUT2D eigenvalue weighted by Crippen LogP contribution is -2.26. The van der Waals surface area contributed by atoms with Crippen LogP contribution < -0.4 is 11.5 Å². The highest BCUT2D eigenvalue weighted by molar-refractivity contribution is 5.95. The van der Waals surface area contributed by atoms with Crippen LogP contribution in [0.1, 0.15) is 21.5 Å². The fourth-order valence-electron chi connectivity index (χ4n) is 2.05. The molecular formula is C16H16N4O. The van der Waals surface area contributed by atoms with E-state index in [1.165, 1.54) is 0 Å². The summed E-state index contributed by atoms with van der Waals surface area (Å²) in [6, 6.07) is 14.0. The molecule has 0 spiro atoms. The van der Waals surface area contributed by atoms with Gasteiger partial charge in [0.25, 0.3) is 5.91 Å². The largest absolute Gasteiger partial charge is 0.399 e. The first kappa shape index (κ1) is 14.4. The number of nitrogens with two attached hydrogens (primary N) is 2. The summed E-state index contributed by atoms with van der Waals surface area (Å²) in [5.74, 6) is -0.154. The third kappa shape index (κ3) is 3.51. The van der Waals surface area contributed by atoms with Crippen LogP contribution in [0.4, 0.5) is 11.4 Å². The van der Waals surface area contributed by atoms with Gasteiger partial charge < -0.3 is 16.4 Å². The Kier molecular flexibility index (Phi) is 4.10. The fraction of sp³-hybridized carbons (Fsp3) is 0.125. The summed E-state index contributed by atoms with van der Waals surface area (Å²) < 4.78 is 0. The number of nitrogen functional groups attached to an aromatic ring is 2. The molecule has 0 atom stereocenters. The van der Waals surface area contributed by atoms with Crippen molar-refractivity contribution in [2.75, 3.05) is 18.5 Å². The third-order valence-corrected chi connectivity index (χ3v) is 3.07. The fourth-order valence-corrected chi connectivity index (χ4v) is 2.05. The lowest BCUT2D eigenvalue weighted by atomic mass is 10.1. The molecule has 2 rings (SSSR count). The van der Waals surface area contributed by atoms with Gasteiger partial charge in [-0.15, -0.1) is 0 Å². The quantitative estimate of drug-likeness (QED) is 0.840. The number of nitrogens with zero attached hydrogens (tertiary/aromatic N) is 2. The Hall–Kier alpha value is -3.00. The van der Waals surface area contributed by atoms with Crippen LogP contribution in [0.15, 0.2) is 42.5 Å². The van der Waals surface area contributed by atoms with E-state index in [1.54, 1.807) is 42.3 Å². The maximum absolute atomic E-state index is 12.3. The monoisotopic (exact) mass is 280 g/mol. The maximum atomic E-state index is 12.3. The normalized spacial score (nSPS) is 9.90. The molecule has 0 aliphatic heterocycles. The van der Waals surface area contributed by atoms with E-state index in [1.807, 2.05) is 12.1 Å². The summed E-state index contributed by atoms with van der Waals surface area (Å²) in [6.07, 6.45) is 0. The van der Waals surface area contributed by atoms with Gasteiger partial charge in [-0.25, -0.2) is 0 Å². The molecule has 0 radical (unpaired) electrons. The molecule has 0 unspecified atom stereocenters. The Balaban J connectivity index is 2.13. The lowest BCUT2D eigenvalue weighted by Gasteiger charge is -2.18. The molecule has 4 N–H and O–H groups in total. The van der Waals surface area contributed by atoms with Crippen LogP contribution in [0.2, 0.25) is 0 Å². The first-order chi connectivity index (χ1) is 9.99. The number of hydrogen-bond donors (Lipinski definition) is 2. The van der Waals surface area contributed by atoms with Gasteiger partial charge in [-0.1, -0.05) is 12.1 Å². The van der Waals surface area contributed by atoms with Crippen molar-refractivity contribution in [3.8, 4) is 6.07 Å². The van der Waals surface area contributed by atoms with Crippen molar-refractivity contribution in [3.63, 3.8) is 0 Å². The second kappa shape index (κ2) is 5.97. The van der Waals surface area contributed by atoms with E-state index in [0.717, 1.165) is 5.56 Å². The number of amides is 1. The average Bonchev–Trinajstić information content (AvgIpc) is 2.46. The summed E-state index contributed by atoms with van der Waals surface area (Å²) in [6.45, 7) is 0.444. The van der Waals surface area contributed by atoms with Gasteiger partial charge in [0.05, 0.1) is 11.6 Å². The van der Waals surface area contributed by atoms with E-state index in [2.05, 4.69) is 6.07 Å². The molecule has 0 heterocycles. The van der Waals surface area contributed by atoms with Crippen LogP contribution in [-0.2, 0) is 6.54 Å². The van der Waals surface area contributed by atoms with E-state index in [0.29, 0.717) is 29.0 Å². The third-order valence-electron chi connectivity index (χ3n) is 3.07. The van der Waals surface area contributed by atoms with E-state index in [4.69, 9.17) is 16.7 Å². The first-order valence-corrected chi connectivity index (χ1v) is 6.40. The van der Waals surface area contributed by atoms with Crippen LogP contribution in [-0.4, -0.2) is 17.9 Å². The summed E-state index contributed by atoms with van der Waals surface area (Å²) in [7, 11) is 1.71. The molecule has 0 saturated carbocycles. The average molecular weight is 280 g/mol. The molecule has 21 heavy (non-hydrogen) atoms. The summed E-state index contributed by atoms with van der Waals surface area (Å²) in [4.78, 5) is 13.9. The Bertz CT molecular complexity index is 681. The Morgan fingerprint density at radius 3 is 2.24 bits per heavy atom. The Morgan fingerprint density at radius 1 is 1.14 bits per heavy atom. The number of carbonyl (C=O) groups is 1. The number of rotatable bonds is 3. The zero-order valence-electron chi connectivity index (χ0n) is 11.7. The van der Waals surface area contributed by atoms with Gasteiger partial charge in [0.1, 0.15) is 0 Å². The smallest absolute Gasteiger partial charge is 0.254 e. The van der Waals surface area contributed by atoms with E-state index < -0.39 is 0 Å². The van der Waals surface area contributed by atoms with Gasteiger partial charge in [0.2, 0.25) is 0 Å². The van der Waals surface area contributed by atoms with Crippen molar-refractivity contribution >= 4 is 17.3 Å². The maximum Gasteiger partial charge on any atom is 0.254 e. The van der Waals surface area contributed by atoms with Crippen molar-refractivity contribution in [3.05, 3.63) is 59.2 Å². The lowest BCUT2D eigenvalue weighted by molar-refractivity contribution is 0.0785. The number of nitriles is 1. The Labute approximate surface area is 123 Å². The minimum absolute atomic E-state index is 0.154. The molecule has 5 nitrogen and oxygen atoms in total. The molecule has 0 aliphatic carbocycles. The molecule has 5 heteroatoms. The first-order valence-electron chi connectivity index (χ1n) is 6.40. The molecule has 1 amide bonds. The Morgan fingerprint density at radius 2 is 1.71 bits per heavy atom. The molecule has 2 aromatic rings. The summed E-state index contributed by atoms with van der Waals surface area (Å²) in [5.41, 5.74) is 14.3. The molecular weight excluding hydrogens is 264 g/mol. The highest BCUT2D eigenvalue weighted by Crippen LogP contribution is 2.16. The number of carbonyl (C=O) groups excluding carboxylic acids is 1. The SMILES string of the molecule is CN(Cc1ccc(C#N)cc1)C(=O)c1cc(N)cc(N)c1. The molecule has 0 aromatic heterocycles. The minimum atomic E-state index is -0.154. The minimum Gasteiger partial charge on any atom is -0.399 e. The van der Waals surface area contributed by atoms with Crippen molar-refractivity contribution in [2.24, 2.45) is 0 Å². The molecule has 0 saturated heterocycles. The van der Waals surface area contributed by atoms with Gasteiger partial charge in [0, 0.05) is 30.5 Å². The number of hydrogen-bond acceptors (Lipinski definition) is 4. The van der Waals surface area contributed by atoms with Gasteiger partial charge >= 0.3 is 0 Å². The highest BCUT2D eigenvalue weighted by Gasteiger charge is 2.13. The molecule has 0 bridgehead atoms. The van der Waals surface area contributed by atoms with Crippen molar-refractivity contribution in [2.45, 2.75) is 6.54 Å². The molecule has 106 valence electrons. The van der Waals surface area contributed by atoms with Crippen molar-refractivity contribution in [1.29, 1.82) is 5.26 Å². The van der Waals surface area contributed by atoms with E-state index >= 15 is 0 Å². The van der Waals surface area contributed by atoms with Gasteiger partial charge in [-0.3, -0.25) is 4.79 Å². The topological polar surface area (TPSA) is 96.1 Å². The second-order valence-corrected chi connectivity index (χ2v) is 4.86. The molecule has 0 aliphatic rings. The zero-order valence-corrected chi connectivity index (χ0v) is 11.7. The number of benzene rings is 2. The predicted octanol–water partition coefficient (Wildman–Crippen LogP) is 1.99. The van der Waals surface area contributed by atoms with Crippen LogP contribution >= 0.6 is 0 Å². The predicted molar refractivity (Wildman–Crippen MR) is 82.2 cm³/mol. The van der Waals surface area contributed by atoms with Crippen LogP contribution in [0.5, 0.6) is 0 Å². The number of anilines is 2. The zero-order chi connectivity index (χ0) is 15.4. The van der Waals surface area contributed by atoms with Crippen molar-refractivity contribution in [1.82, 2.24) is 4.90 Å². The van der Waals surface area contributed by atoms with Crippen LogP contribution in [0, 0.1) is 11.3 Å². The van der Waals surface area contributed by atoms with E-state index in [-0.39, 0.29) is 5.91 Å². The van der Waals surface area contributed by atoms with Gasteiger partial charge in [0.15, 0.2) is 0 Å². The van der Waals surface area contributed by atoms with Crippen LogP contribution in [0.25, 0.3) is 0 Å². The van der Waals surface area contributed by atoms with E-state index in [9.17, 15) is 4.79 Å². The highest BCUT2D eigenvalue weighted by atomic mass is 16.2. The standard InChI is InChI=1S/C16H16N4O/c1-20(10-12-4-2-11(9-17)3-5-12)16(21)13-6-14(18)8-15(19)7-13/h2-8H,10,18-19H2,1H3. The van der Waals surface area contributed by atoms with Crippen molar-refractivity contribution < 1.29 is 4.79 Å². The van der Waals surface area contributed by atoms with Gasteiger partial charge in [-0.05, 0) is 35.9 Å². The van der Waals surface area contributed by atoms with Crippen LogP contribution in [0.3, 0.4) is 0 Å². The summed E-state index contributed by atoms with van der Waals surface area (Å²) >= 11 is 0. The summed E-state index contributed by atoms with van der Waals surface area (Å²) in [5, 5.41) is 8.76. The molecule has 2 aromatic carbocycles. The van der Waals surface area contributed by atoms with Gasteiger partial charge in [-0.2, -0.15) is 5.26 Å².